The molecule has 1 aliphatic rings. The summed E-state index contributed by atoms with van der Waals surface area (Å²) in [6.07, 6.45) is 8.12. The van der Waals surface area contributed by atoms with Crippen molar-refractivity contribution < 1.29 is 23.2 Å². The monoisotopic (exact) mass is 422 g/mol. The molecule has 1 fully saturated rings. The van der Waals surface area contributed by atoms with Crippen molar-refractivity contribution >= 4 is 17.5 Å². The molecule has 1 saturated carbocycles. The lowest BCUT2D eigenvalue weighted by molar-refractivity contribution is -0.123. The Morgan fingerprint density at radius 1 is 1.00 bits per heavy atom. The lowest BCUT2D eigenvalue weighted by Crippen LogP contribution is -2.47. The van der Waals surface area contributed by atoms with E-state index in [0.29, 0.717) is 17.2 Å². The Labute approximate surface area is 181 Å². The Bertz CT molecular complexity index is 991. The minimum absolute atomic E-state index is 0.0805. The smallest absolute Gasteiger partial charge is 0.295 e. The SMILES string of the molecule is COc1ccccc1N(C(=O)c1ccco1)C(C(=O)NC1CCCCC1)c1ccco1. The van der Waals surface area contributed by atoms with Gasteiger partial charge in [-0.25, -0.2) is 0 Å². The van der Waals surface area contributed by atoms with Crippen LogP contribution in [0.15, 0.2) is 69.9 Å². The van der Waals surface area contributed by atoms with Crippen LogP contribution in [0.1, 0.15) is 54.5 Å². The van der Waals surface area contributed by atoms with E-state index in [1.165, 1.54) is 31.0 Å². The van der Waals surface area contributed by atoms with Crippen molar-refractivity contribution in [3.8, 4) is 5.75 Å². The van der Waals surface area contributed by atoms with Crippen LogP contribution in [-0.2, 0) is 4.79 Å². The number of nitrogens with one attached hydrogen (secondary N) is 1. The lowest BCUT2D eigenvalue weighted by atomic mass is 9.95. The quantitative estimate of drug-likeness (QED) is 0.596. The second-order valence-electron chi connectivity index (χ2n) is 7.59. The van der Waals surface area contributed by atoms with Gasteiger partial charge >= 0.3 is 0 Å². The van der Waals surface area contributed by atoms with Crippen LogP contribution in [0, 0.1) is 0 Å². The average molecular weight is 422 g/mol. The predicted molar refractivity (Wildman–Crippen MR) is 115 cm³/mol. The van der Waals surface area contributed by atoms with Gasteiger partial charge in [0.15, 0.2) is 11.8 Å². The van der Waals surface area contributed by atoms with Crippen LogP contribution in [0.25, 0.3) is 0 Å². The summed E-state index contributed by atoms with van der Waals surface area (Å²) in [5, 5.41) is 3.13. The van der Waals surface area contributed by atoms with Crippen LogP contribution >= 0.6 is 0 Å². The molecule has 7 nitrogen and oxygen atoms in total. The fourth-order valence-electron chi connectivity index (χ4n) is 4.06. The van der Waals surface area contributed by atoms with Crippen LogP contribution < -0.4 is 15.0 Å². The van der Waals surface area contributed by atoms with Gasteiger partial charge in [0.1, 0.15) is 11.5 Å². The third-order valence-corrected chi connectivity index (χ3v) is 5.57. The molecule has 3 aromatic rings. The summed E-state index contributed by atoms with van der Waals surface area (Å²) in [5.41, 5.74) is 0.451. The summed E-state index contributed by atoms with van der Waals surface area (Å²) < 4.78 is 16.5. The summed E-state index contributed by atoms with van der Waals surface area (Å²) >= 11 is 0. The highest BCUT2D eigenvalue weighted by Crippen LogP contribution is 2.36. The second-order valence-corrected chi connectivity index (χ2v) is 7.59. The molecule has 31 heavy (non-hydrogen) atoms. The third-order valence-electron chi connectivity index (χ3n) is 5.57. The fourth-order valence-corrected chi connectivity index (χ4v) is 4.06. The van der Waals surface area contributed by atoms with E-state index in [0.717, 1.165) is 25.7 Å². The number of carbonyl (C=O) groups excluding carboxylic acids is 2. The molecule has 1 aliphatic carbocycles. The van der Waals surface area contributed by atoms with Crippen LogP contribution in [0.4, 0.5) is 5.69 Å². The molecule has 0 bridgehead atoms. The molecule has 0 saturated heterocycles. The van der Waals surface area contributed by atoms with Gasteiger partial charge in [0.25, 0.3) is 11.8 Å². The Hall–Kier alpha value is -3.48. The topological polar surface area (TPSA) is 84.9 Å². The molecule has 162 valence electrons. The van der Waals surface area contributed by atoms with Gasteiger partial charge in [0.05, 0.1) is 25.3 Å². The number of carbonyl (C=O) groups is 2. The number of hydrogen-bond donors (Lipinski definition) is 1. The average Bonchev–Trinajstić information content (AvgIpc) is 3.52. The summed E-state index contributed by atoms with van der Waals surface area (Å²) in [6, 6.07) is 12.8. The summed E-state index contributed by atoms with van der Waals surface area (Å²) in [5.74, 6) is 0.179. The van der Waals surface area contributed by atoms with Crippen molar-refractivity contribution in [1.82, 2.24) is 5.32 Å². The number of methoxy groups -OCH3 is 1. The highest BCUT2D eigenvalue weighted by Gasteiger charge is 2.38. The number of furan rings is 2. The molecule has 1 atom stereocenters. The van der Waals surface area contributed by atoms with Crippen molar-refractivity contribution in [3.63, 3.8) is 0 Å². The third kappa shape index (κ3) is 4.50. The number of anilines is 1. The summed E-state index contributed by atoms with van der Waals surface area (Å²) in [6.45, 7) is 0. The van der Waals surface area contributed by atoms with Crippen LogP contribution in [0.3, 0.4) is 0 Å². The van der Waals surface area contributed by atoms with Crippen molar-refractivity contribution in [2.24, 2.45) is 0 Å². The van der Waals surface area contributed by atoms with Crippen LogP contribution in [0.5, 0.6) is 5.75 Å². The molecule has 0 spiro atoms. The van der Waals surface area contributed by atoms with E-state index in [9.17, 15) is 9.59 Å². The Kier molecular flexibility index (Phi) is 6.40. The molecule has 1 aromatic carbocycles. The molecular formula is C24H26N2O5. The van der Waals surface area contributed by atoms with Gasteiger partial charge in [-0.05, 0) is 49.2 Å². The molecule has 0 aliphatic heterocycles. The van der Waals surface area contributed by atoms with Crippen LogP contribution in [-0.4, -0.2) is 25.0 Å². The van der Waals surface area contributed by atoms with Gasteiger partial charge in [-0.15, -0.1) is 0 Å². The van der Waals surface area contributed by atoms with E-state index in [4.69, 9.17) is 13.6 Å². The predicted octanol–water partition coefficient (Wildman–Crippen LogP) is 4.72. The summed E-state index contributed by atoms with van der Waals surface area (Å²) in [4.78, 5) is 28.5. The normalized spacial score (nSPS) is 15.3. The zero-order chi connectivity index (χ0) is 21.6. The first kappa shape index (κ1) is 20.8. The van der Waals surface area contributed by atoms with E-state index in [-0.39, 0.29) is 17.7 Å². The second kappa shape index (κ2) is 9.55. The molecule has 0 radical (unpaired) electrons. The number of ether oxygens (including phenoxy) is 1. The molecule has 2 aromatic heterocycles. The van der Waals surface area contributed by atoms with E-state index >= 15 is 0 Å². The van der Waals surface area contributed by atoms with Gasteiger partial charge in [-0.1, -0.05) is 31.4 Å². The first-order chi connectivity index (χ1) is 15.2. The molecule has 2 amide bonds. The van der Waals surface area contributed by atoms with E-state index < -0.39 is 11.9 Å². The van der Waals surface area contributed by atoms with E-state index in [2.05, 4.69) is 5.32 Å². The maximum absolute atomic E-state index is 13.6. The molecule has 1 unspecified atom stereocenters. The van der Waals surface area contributed by atoms with Crippen molar-refractivity contribution in [2.45, 2.75) is 44.2 Å². The van der Waals surface area contributed by atoms with Gasteiger partial charge in [0, 0.05) is 6.04 Å². The molecule has 7 heteroatoms. The number of amides is 2. The first-order valence-electron chi connectivity index (χ1n) is 10.5. The summed E-state index contributed by atoms with van der Waals surface area (Å²) in [7, 11) is 1.53. The highest BCUT2D eigenvalue weighted by atomic mass is 16.5. The number of para-hydroxylation sites is 2. The van der Waals surface area contributed by atoms with E-state index in [1.54, 1.807) is 42.5 Å². The molecule has 2 heterocycles. The minimum Gasteiger partial charge on any atom is -0.495 e. The fraction of sp³-hybridized carbons (Fsp3) is 0.333. The standard InChI is InChI=1S/C24H26N2O5/c1-29-19-12-6-5-11-18(19)26(24(28)21-14-8-16-31-21)22(20-13-7-15-30-20)23(27)25-17-9-3-2-4-10-17/h5-8,11-17,22H,2-4,9-10H2,1H3,(H,25,27). The number of benzene rings is 1. The Balaban J connectivity index is 1.78. The number of nitrogens with zero attached hydrogens (tertiary/aromatic N) is 1. The van der Waals surface area contributed by atoms with Crippen LogP contribution in [0.2, 0.25) is 0 Å². The van der Waals surface area contributed by atoms with Crippen molar-refractivity contribution in [3.05, 3.63) is 72.6 Å². The Morgan fingerprint density at radius 2 is 1.74 bits per heavy atom. The minimum atomic E-state index is -1.02. The van der Waals surface area contributed by atoms with Gasteiger partial charge in [0.2, 0.25) is 0 Å². The molecular weight excluding hydrogens is 396 g/mol. The number of hydrogen-bond acceptors (Lipinski definition) is 5. The zero-order valence-corrected chi connectivity index (χ0v) is 17.5. The highest BCUT2D eigenvalue weighted by molar-refractivity contribution is 6.09. The maximum atomic E-state index is 13.6. The number of rotatable bonds is 7. The maximum Gasteiger partial charge on any atom is 0.295 e. The van der Waals surface area contributed by atoms with E-state index in [1.807, 2.05) is 6.07 Å². The molecule has 4 rings (SSSR count). The first-order valence-corrected chi connectivity index (χ1v) is 10.5. The molecule has 1 N–H and O–H groups in total. The van der Waals surface area contributed by atoms with Crippen molar-refractivity contribution in [1.29, 1.82) is 0 Å². The zero-order valence-electron chi connectivity index (χ0n) is 17.5. The largest absolute Gasteiger partial charge is 0.495 e. The Morgan fingerprint density at radius 3 is 2.42 bits per heavy atom. The lowest BCUT2D eigenvalue weighted by Gasteiger charge is -2.32. The van der Waals surface area contributed by atoms with Gasteiger partial charge in [-0.3, -0.25) is 14.5 Å². The van der Waals surface area contributed by atoms with Crippen molar-refractivity contribution in [2.75, 3.05) is 12.0 Å². The van der Waals surface area contributed by atoms with Gasteiger partial charge < -0.3 is 18.9 Å². The van der Waals surface area contributed by atoms with Gasteiger partial charge in [-0.2, -0.15) is 0 Å².